The molecule has 1 aromatic carbocycles. The summed E-state index contributed by atoms with van der Waals surface area (Å²) in [6.45, 7) is 0. The molecule has 0 aliphatic heterocycles. The molecule has 0 aliphatic carbocycles. The molecule has 0 saturated heterocycles. The van der Waals surface area contributed by atoms with Crippen LogP contribution < -0.4 is 109 Å². The monoisotopic (exact) mass is 201 g/mol. The second-order valence-corrected chi connectivity index (χ2v) is 1.78. The number of nitrogens with two attached hydrogens (primary N) is 1. The minimum atomic E-state index is 0. The van der Waals surface area contributed by atoms with Gasteiger partial charge in [-0.1, -0.05) is 0 Å². The number of nitrogen functional groups attached to an aromatic ring is 1. The van der Waals surface area contributed by atoms with Crippen molar-refractivity contribution < 1.29 is 110 Å². The van der Waals surface area contributed by atoms with Gasteiger partial charge in [-0.25, -0.2) is 0 Å². The van der Waals surface area contributed by atoms with Crippen molar-refractivity contribution in [3.8, 4) is 0 Å². The van der Waals surface area contributed by atoms with E-state index in [1.54, 1.807) is 24.3 Å². The topological polar surface area (TPSA) is 43.1 Å². The number of carbonyl (C=O) groups is 1. The Morgan fingerprint density at radius 1 is 1.18 bits per heavy atom. The van der Waals surface area contributed by atoms with Crippen molar-refractivity contribution in [1.82, 2.24) is 0 Å². The number of aldehydes is 1. The summed E-state index contributed by atoms with van der Waals surface area (Å²) in [5.41, 5.74) is 6.70. The molecule has 11 heavy (non-hydrogen) atoms. The van der Waals surface area contributed by atoms with Crippen LogP contribution in [0.3, 0.4) is 0 Å². The third kappa shape index (κ3) is 6.09. The van der Waals surface area contributed by atoms with Crippen LogP contribution in [0.15, 0.2) is 24.3 Å². The average Bonchev–Trinajstić information content (AvgIpc) is 1.90. The SMILES string of the molecule is Nc1ccc(C=O)cc1.[H-].[H-].[K+].[K+]. The average molecular weight is 201 g/mol. The van der Waals surface area contributed by atoms with Crippen molar-refractivity contribution in [2.24, 2.45) is 0 Å². The maximum Gasteiger partial charge on any atom is 1.00 e. The predicted octanol–water partition coefficient (Wildman–Crippen LogP) is -4.69. The summed E-state index contributed by atoms with van der Waals surface area (Å²) in [6.07, 6.45) is 0.791. The predicted molar refractivity (Wildman–Crippen MR) is 38.5 cm³/mol. The Labute approximate surface area is 154 Å². The summed E-state index contributed by atoms with van der Waals surface area (Å²) in [7, 11) is 0. The van der Waals surface area contributed by atoms with Crippen molar-refractivity contribution in [1.29, 1.82) is 0 Å². The van der Waals surface area contributed by atoms with Crippen molar-refractivity contribution >= 4 is 12.0 Å². The summed E-state index contributed by atoms with van der Waals surface area (Å²) < 4.78 is 0. The summed E-state index contributed by atoms with van der Waals surface area (Å²) >= 11 is 0. The van der Waals surface area contributed by atoms with E-state index in [4.69, 9.17) is 5.73 Å². The van der Waals surface area contributed by atoms with E-state index in [9.17, 15) is 4.79 Å². The molecular formula is C7H9K2NO. The Balaban J connectivity index is -0.000000101. The fraction of sp³-hybridized carbons (Fsp3) is 0. The first-order chi connectivity index (χ1) is 4.33. The molecule has 0 atom stereocenters. The Morgan fingerprint density at radius 3 is 2.00 bits per heavy atom. The van der Waals surface area contributed by atoms with Gasteiger partial charge in [0.2, 0.25) is 0 Å². The van der Waals surface area contributed by atoms with Gasteiger partial charge >= 0.3 is 103 Å². The van der Waals surface area contributed by atoms with E-state index >= 15 is 0 Å². The Kier molecular flexibility index (Phi) is 12.0. The molecule has 0 spiro atoms. The molecule has 1 aromatic rings. The number of anilines is 1. The summed E-state index contributed by atoms with van der Waals surface area (Å²) in [4.78, 5) is 10.1. The van der Waals surface area contributed by atoms with Crippen molar-refractivity contribution in [3.05, 3.63) is 29.8 Å². The summed E-state index contributed by atoms with van der Waals surface area (Å²) in [5, 5.41) is 0. The van der Waals surface area contributed by atoms with Gasteiger partial charge in [0.15, 0.2) is 0 Å². The third-order valence-electron chi connectivity index (χ3n) is 1.07. The number of hydrogen-bond acceptors (Lipinski definition) is 2. The molecule has 0 amide bonds. The van der Waals surface area contributed by atoms with Crippen LogP contribution in [-0.4, -0.2) is 6.29 Å². The minimum absolute atomic E-state index is 0. The van der Waals surface area contributed by atoms with Crippen molar-refractivity contribution in [2.75, 3.05) is 5.73 Å². The van der Waals surface area contributed by atoms with Crippen LogP contribution in [0.4, 0.5) is 5.69 Å². The van der Waals surface area contributed by atoms with Gasteiger partial charge in [0.1, 0.15) is 6.29 Å². The molecule has 50 valence electrons. The van der Waals surface area contributed by atoms with Crippen LogP contribution in [0.2, 0.25) is 0 Å². The molecule has 0 bridgehead atoms. The maximum atomic E-state index is 10.1. The third-order valence-corrected chi connectivity index (χ3v) is 1.07. The van der Waals surface area contributed by atoms with Crippen LogP contribution in [0.5, 0.6) is 0 Å². The van der Waals surface area contributed by atoms with Crippen LogP contribution in [0, 0.1) is 0 Å². The molecular weight excluding hydrogens is 192 g/mol. The Bertz CT molecular complexity index is 218. The molecule has 2 N–H and O–H groups in total. The Hall–Kier alpha value is 1.96. The van der Waals surface area contributed by atoms with E-state index in [-0.39, 0.29) is 106 Å². The van der Waals surface area contributed by atoms with Crippen LogP contribution in [0.25, 0.3) is 0 Å². The smallest absolute Gasteiger partial charge is 1.00 e. The normalized spacial score (nSPS) is 7.27. The van der Waals surface area contributed by atoms with E-state index < -0.39 is 0 Å². The van der Waals surface area contributed by atoms with Gasteiger partial charge in [-0.15, -0.1) is 0 Å². The first-order valence-corrected chi connectivity index (χ1v) is 2.63. The first-order valence-electron chi connectivity index (χ1n) is 2.63. The van der Waals surface area contributed by atoms with Crippen LogP contribution in [0.1, 0.15) is 13.2 Å². The maximum absolute atomic E-state index is 10.1. The molecule has 0 unspecified atom stereocenters. The number of rotatable bonds is 1. The van der Waals surface area contributed by atoms with E-state index in [0.717, 1.165) is 6.29 Å². The number of hydrogen-bond donors (Lipinski definition) is 1. The van der Waals surface area contributed by atoms with E-state index in [0.29, 0.717) is 11.3 Å². The fourth-order valence-corrected chi connectivity index (χ4v) is 0.575. The standard InChI is InChI=1S/C7H7NO.2K.2H/c8-7-3-1-6(5-9)2-4-7;;;;/h1-5H,8H2;;;;/q;2*+1;2*-1. The summed E-state index contributed by atoms with van der Waals surface area (Å²) in [6, 6.07) is 6.76. The van der Waals surface area contributed by atoms with E-state index in [2.05, 4.69) is 0 Å². The van der Waals surface area contributed by atoms with Gasteiger partial charge in [0.25, 0.3) is 0 Å². The largest absolute Gasteiger partial charge is 1.00 e. The molecule has 0 saturated carbocycles. The zero-order valence-corrected chi connectivity index (χ0v) is 13.1. The first kappa shape index (κ1) is 15.4. The van der Waals surface area contributed by atoms with E-state index in [1.807, 2.05) is 0 Å². The number of carbonyl (C=O) groups excluding carboxylic acids is 1. The van der Waals surface area contributed by atoms with Gasteiger partial charge in [0, 0.05) is 11.3 Å². The Morgan fingerprint density at radius 2 is 1.64 bits per heavy atom. The molecule has 1 rings (SSSR count). The quantitative estimate of drug-likeness (QED) is 0.282. The van der Waals surface area contributed by atoms with Gasteiger partial charge in [-0.2, -0.15) is 0 Å². The van der Waals surface area contributed by atoms with Crippen LogP contribution in [-0.2, 0) is 0 Å². The molecule has 0 heterocycles. The van der Waals surface area contributed by atoms with E-state index in [1.165, 1.54) is 0 Å². The molecule has 2 nitrogen and oxygen atoms in total. The molecule has 4 heteroatoms. The molecule has 0 aliphatic rings. The van der Waals surface area contributed by atoms with Crippen molar-refractivity contribution in [2.45, 2.75) is 0 Å². The number of benzene rings is 1. The summed E-state index contributed by atoms with van der Waals surface area (Å²) in [5.74, 6) is 0. The second kappa shape index (κ2) is 8.56. The van der Waals surface area contributed by atoms with Gasteiger partial charge in [0.05, 0.1) is 0 Å². The van der Waals surface area contributed by atoms with Gasteiger partial charge < -0.3 is 8.59 Å². The molecule has 0 aromatic heterocycles. The minimum Gasteiger partial charge on any atom is -1.00 e. The van der Waals surface area contributed by atoms with Crippen LogP contribution >= 0.6 is 0 Å². The zero-order valence-electron chi connectivity index (χ0n) is 8.87. The van der Waals surface area contributed by atoms with Gasteiger partial charge in [-0.3, -0.25) is 4.79 Å². The fourth-order valence-electron chi connectivity index (χ4n) is 0.575. The second-order valence-electron chi connectivity index (χ2n) is 1.78. The van der Waals surface area contributed by atoms with Gasteiger partial charge in [-0.05, 0) is 24.3 Å². The molecule has 0 fully saturated rings. The molecule has 0 radical (unpaired) electrons. The zero-order chi connectivity index (χ0) is 6.69. The van der Waals surface area contributed by atoms with Crippen molar-refractivity contribution in [3.63, 3.8) is 0 Å².